The zero-order chi connectivity index (χ0) is 18.1. The van der Waals surface area contributed by atoms with E-state index in [0.29, 0.717) is 0 Å². The van der Waals surface area contributed by atoms with Gasteiger partial charge in [-0.05, 0) is 23.3 Å². The van der Waals surface area contributed by atoms with Gasteiger partial charge >= 0.3 is 0 Å². The fraction of sp³-hybridized carbons (Fsp3) is 0. The molecule has 0 aliphatic rings. The summed E-state index contributed by atoms with van der Waals surface area (Å²) in [6.45, 7) is 0. The van der Waals surface area contributed by atoms with Crippen LogP contribution in [-0.2, 0) is 20.2 Å². The van der Waals surface area contributed by atoms with Crippen LogP contribution in [0.3, 0.4) is 0 Å². The normalized spacial score (nSPS) is 12.1. The summed E-state index contributed by atoms with van der Waals surface area (Å²) >= 11 is 0. The maximum Gasteiger partial charge on any atom is 0.287 e. The van der Waals surface area contributed by atoms with E-state index in [1.165, 1.54) is 12.2 Å². The number of rotatable bonds is 4. The number of hydrogen-bond donors (Lipinski definition) is 2. The second kappa shape index (κ2) is 9.14. The molecule has 2 aromatic rings. The summed E-state index contributed by atoms with van der Waals surface area (Å²) in [4.78, 5) is 0. The van der Waals surface area contributed by atoms with E-state index in [4.69, 9.17) is 9.11 Å². The lowest BCUT2D eigenvalue weighted by molar-refractivity contribution is 0.492. The van der Waals surface area contributed by atoms with Gasteiger partial charge in [0.25, 0.3) is 20.2 Å². The Balaban J connectivity index is 0.000000240. The highest BCUT2D eigenvalue weighted by Gasteiger charge is 1.95. The summed E-state index contributed by atoms with van der Waals surface area (Å²) in [6.07, 6.45) is 2.66. The zero-order valence-electron chi connectivity index (χ0n) is 12.4. The van der Waals surface area contributed by atoms with Crippen LogP contribution in [0.1, 0.15) is 11.1 Å². The van der Waals surface area contributed by atoms with E-state index in [9.17, 15) is 16.8 Å². The fourth-order valence-corrected chi connectivity index (χ4v) is 2.12. The molecule has 24 heavy (non-hydrogen) atoms. The van der Waals surface area contributed by atoms with Crippen LogP contribution >= 0.6 is 0 Å². The quantitative estimate of drug-likeness (QED) is 0.803. The third-order valence-electron chi connectivity index (χ3n) is 2.46. The summed E-state index contributed by atoms with van der Waals surface area (Å²) in [6, 6.07) is 17.7. The van der Waals surface area contributed by atoms with Gasteiger partial charge in [-0.25, -0.2) is 0 Å². The minimum absolute atomic E-state index is 0.732. The van der Waals surface area contributed by atoms with E-state index in [0.717, 1.165) is 21.9 Å². The van der Waals surface area contributed by atoms with Crippen molar-refractivity contribution in [3.8, 4) is 0 Å². The SMILES string of the molecule is O=S(=O)(O)C=Cc1ccccc1.O=S(=O)(O)C=Cc1ccccc1. The van der Waals surface area contributed by atoms with Crippen LogP contribution in [-0.4, -0.2) is 25.9 Å². The van der Waals surface area contributed by atoms with Crippen LogP contribution in [0.5, 0.6) is 0 Å². The first-order valence-electron chi connectivity index (χ1n) is 6.57. The van der Waals surface area contributed by atoms with Gasteiger partial charge in [-0.2, -0.15) is 16.8 Å². The molecule has 0 saturated carbocycles. The summed E-state index contributed by atoms with van der Waals surface area (Å²) in [5, 5.41) is 1.50. The highest BCUT2D eigenvalue weighted by Crippen LogP contribution is 2.02. The lowest BCUT2D eigenvalue weighted by Crippen LogP contribution is -1.88. The van der Waals surface area contributed by atoms with Crippen LogP contribution < -0.4 is 0 Å². The van der Waals surface area contributed by atoms with Crippen molar-refractivity contribution in [2.75, 3.05) is 0 Å². The third kappa shape index (κ3) is 10.5. The first kappa shape index (κ1) is 19.8. The lowest BCUT2D eigenvalue weighted by Gasteiger charge is -1.89. The van der Waals surface area contributed by atoms with E-state index in [-0.39, 0.29) is 0 Å². The third-order valence-corrected chi connectivity index (χ3v) is 3.42. The average Bonchev–Trinajstić information content (AvgIpc) is 2.52. The van der Waals surface area contributed by atoms with E-state index in [1.807, 2.05) is 12.1 Å². The van der Waals surface area contributed by atoms with Crippen molar-refractivity contribution in [1.82, 2.24) is 0 Å². The van der Waals surface area contributed by atoms with Crippen molar-refractivity contribution in [3.63, 3.8) is 0 Å². The van der Waals surface area contributed by atoms with Crippen molar-refractivity contribution in [2.24, 2.45) is 0 Å². The van der Waals surface area contributed by atoms with E-state index in [2.05, 4.69) is 0 Å². The molecule has 0 amide bonds. The maximum absolute atomic E-state index is 10.3. The Morgan fingerprint density at radius 1 is 0.583 bits per heavy atom. The fourth-order valence-electron chi connectivity index (χ4n) is 1.46. The second-order valence-corrected chi connectivity index (χ2v) is 7.06. The first-order chi connectivity index (χ1) is 11.2. The molecule has 0 radical (unpaired) electrons. The maximum atomic E-state index is 10.3. The van der Waals surface area contributed by atoms with Gasteiger partial charge in [0.05, 0.1) is 10.8 Å². The molecular formula is C16H16O6S2. The summed E-state index contributed by atoms with van der Waals surface area (Å²) in [5.41, 5.74) is 1.46. The molecule has 0 heterocycles. The molecule has 2 aromatic carbocycles. The summed E-state index contributed by atoms with van der Waals surface area (Å²) in [5.74, 6) is 0. The van der Waals surface area contributed by atoms with Crippen molar-refractivity contribution in [1.29, 1.82) is 0 Å². The molecule has 0 bridgehead atoms. The molecule has 2 rings (SSSR count). The molecule has 0 spiro atoms. The monoisotopic (exact) mass is 368 g/mol. The predicted octanol–water partition coefficient (Wildman–Crippen LogP) is 3.09. The minimum atomic E-state index is -4.00. The van der Waals surface area contributed by atoms with Gasteiger partial charge in [0.1, 0.15) is 0 Å². The van der Waals surface area contributed by atoms with Gasteiger partial charge in [0.2, 0.25) is 0 Å². The molecular weight excluding hydrogens is 352 g/mol. The Hall–Kier alpha value is -2.26. The van der Waals surface area contributed by atoms with Gasteiger partial charge in [-0.15, -0.1) is 0 Å². The Kier molecular flexibility index (Phi) is 7.53. The largest absolute Gasteiger partial charge is 0.287 e. The Morgan fingerprint density at radius 2 is 0.875 bits per heavy atom. The number of hydrogen-bond acceptors (Lipinski definition) is 4. The Labute approximate surface area is 141 Å². The topological polar surface area (TPSA) is 109 Å². The van der Waals surface area contributed by atoms with Gasteiger partial charge in [-0.3, -0.25) is 9.11 Å². The van der Waals surface area contributed by atoms with Gasteiger partial charge in [0, 0.05) is 0 Å². The predicted molar refractivity (Wildman–Crippen MR) is 94.0 cm³/mol. The molecule has 6 nitrogen and oxygen atoms in total. The second-order valence-electron chi connectivity index (χ2n) is 4.46. The lowest BCUT2D eigenvalue weighted by atomic mass is 10.2. The van der Waals surface area contributed by atoms with Crippen molar-refractivity contribution >= 4 is 32.4 Å². The molecule has 0 aromatic heterocycles. The van der Waals surface area contributed by atoms with Crippen molar-refractivity contribution < 1.29 is 25.9 Å². The van der Waals surface area contributed by atoms with Crippen LogP contribution in [0.25, 0.3) is 12.2 Å². The molecule has 0 aliphatic heterocycles. The van der Waals surface area contributed by atoms with Crippen LogP contribution in [0.4, 0.5) is 0 Å². The first-order valence-corrected chi connectivity index (χ1v) is 9.58. The highest BCUT2D eigenvalue weighted by atomic mass is 32.2. The summed E-state index contributed by atoms with van der Waals surface area (Å²) < 4.78 is 57.8. The van der Waals surface area contributed by atoms with Crippen molar-refractivity contribution in [3.05, 3.63) is 82.6 Å². The smallest absolute Gasteiger partial charge is 0.282 e. The Bertz CT molecular complexity index is 807. The van der Waals surface area contributed by atoms with E-state index < -0.39 is 20.2 Å². The number of benzene rings is 2. The molecule has 0 aliphatic carbocycles. The Morgan fingerprint density at radius 3 is 1.12 bits per heavy atom. The summed E-state index contributed by atoms with van der Waals surface area (Å²) in [7, 11) is -8.01. The van der Waals surface area contributed by atoms with Crippen LogP contribution in [0.15, 0.2) is 71.5 Å². The minimum Gasteiger partial charge on any atom is -0.282 e. The molecule has 128 valence electrons. The molecule has 8 heteroatoms. The molecule has 2 N–H and O–H groups in total. The molecule has 0 atom stereocenters. The van der Waals surface area contributed by atoms with Gasteiger partial charge in [-0.1, -0.05) is 60.7 Å². The van der Waals surface area contributed by atoms with Gasteiger partial charge in [0.15, 0.2) is 0 Å². The average molecular weight is 368 g/mol. The van der Waals surface area contributed by atoms with Crippen LogP contribution in [0.2, 0.25) is 0 Å². The van der Waals surface area contributed by atoms with E-state index in [1.54, 1.807) is 48.5 Å². The van der Waals surface area contributed by atoms with Crippen molar-refractivity contribution in [2.45, 2.75) is 0 Å². The highest BCUT2D eigenvalue weighted by molar-refractivity contribution is 7.89. The molecule has 0 fully saturated rings. The van der Waals surface area contributed by atoms with Crippen LogP contribution in [0, 0.1) is 0 Å². The standard InChI is InChI=1S/2C8H8O3S/c2*9-12(10,11)7-6-8-4-2-1-3-5-8/h2*1-7H,(H,9,10,11). The van der Waals surface area contributed by atoms with E-state index >= 15 is 0 Å². The molecule has 0 saturated heterocycles. The molecule has 0 unspecified atom stereocenters. The van der Waals surface area contributed by atoms with Gasteiger partial charge < -0.3 is 0 Å². The zero-order valence-corrected chi connectivity index (χ0v) is 14.1.